The van der Waals surface area contributed by atoms with E-state index in [-0.39, 0.29) is 22.5 Å². The highest BCUT2D eigenvalue weighted by atomic mass is 16.5. The molecule has 192 valence electrons. The number of carbonyl (C=O) groups excluding carboxylic acids is 1. The highest BCUT2D eigenvalue weighted by molar-refractivity contribution is 5.77. The highest BCUT2D eigenvalue weighted by Gasteiger charge is 2.79. The number of hydrogen-bond donors (Lipinski definition) is 3. The second kappa shape index (κ2) is 7.39. The van der Waals surface area contributed by atoms with Crippen molar-refractivity contribution in [3.8, 4) is 11.5 Å². The molecular formula is C31H34N2O4. The Morgan fingerprint density at radius 2 is 1.97 bits per heavy atom. The molecule has 6 atom stereocenters. The maximum atomic E-state index is 13.2. The molecule has 7 aliphatic rings. The molecule has 6 heteroatoms. The minimum Gasteiger partial charge on any atom is -0.504 e. The predicted molar refractivity (Wildman–Crippen MR) is 138 cm³/mol. The van der Waals surface area contributed by atoms with Crippen LogP contribution in [0, 0.1) is 11.3 Å². The van der Waals surface area contributed by atoms with Gasteiger partial charge in [-0.3, -0.25) is 9.69 Å². The number of fused-ring (bicyclic) bond motifs is 1. The zero-order valence-corrected chi connectivity index (χ0v) is 21.0. The molecule has 3 fully saturated rings. The molecule has 1 unspecified atom stereocenters. The summed E-state index contributed by atoms with van der Waals surface area (Å²) < 4.78 is 6.59. The third-order valence-corrected chi connectivity index (χ3v) is 10.6. The summed E-state index contributed by atoms with van der Waals surface area (Å²) in [5, 5.41) is 26.4. The van der Waals surface area contributed by atoms with E-state index >= 15 is 0 Å². The Morgan fingerprint density at radius 1 is 1.14 bits per heavy atom. The number of phenols is 1. The summed E-state index contributed by atoms with van der Waals surface area (Å²) in [5.74, 6) is 1.46. The average molecular weight is 499 g/mol. The standard InChI is InChI=1S/C31H34N2O4/c34-22-10-9-21-16-24-29-12-13-31(36,23(17-29)32-25(35)11-8-19-4-2-1-3-5-19)28-30(29,26(21)27(22)37-28)14-15-33(24)18-20-6-7-20/h1-5,9-10,12-13,20,23-24,28,34,36H,6-8,11,14-18H2,(H,32,35)/t23-,24+,28+,29+,30-,31?/m0/s1. The molecule has 37 heavy (non-hydrogen) atoms. The lowest BCUT2D eigenvalue weighted by atomic mass is 9.38. The molecule has 1 saturated heterocycles. The molecule has 0 radical (unpaired) electrons. The Kier molecular flexibility index (Phi) is 4.43. The molecule has 2 aliphatic heterocycles. The number of ether oxygens (including phenoxy) is 1. The maximum absolute atomic E-state index is 13.2. The summed E-state index contributed by atoms with van der Waals surface area (Å²) in [4.78, 5) is 15.9. The van der Waals surface area contributed by atoms with E-state index < -0.39 is 17.7 Å². The first-order chi connectivity index (χ1) is 17.9. The van der Waals surface area contributed by atoms with Crippen LogP contribution in [0.2, 0.25) is 0 Å². The van der Waals surface area contributed by atoms with Gasteiger partial charge in [-0.05, 0) is 68.2 Å². The van der Waals surface area contributed by atoms with Crippen molar-refractivity contribution in [1.29, 1.82) is 0 Å². The van der Waals surface area contributed by atoms with E-state index in [1.807, 2.05) is 36.4 Å². The molecule has 2 aromatic rings. The van der Waals surface area contributed by atoms with Crippen molar-refractivity contribution in [2.24, 2.45) is 11.3 Å². The molecule has 4 bridgehead atoms. The maximum Gasteiger partial charge on any atom is 0.220 e. The minimum absolute atomic E-state index is 0.0384. The van der Waals surface area contributed by atoms with Crippen LogP contribution in [-0.2, 0) is 23.1 Å². The van der Waals surface area contributed by atoms with Crippen LogP contribution in [0.15, 0.2) is 54.6 Å². The zero-order valence-electron chi connectivity index (χ0n) is 21.0. The Bertz CT molecular complexity index is 1320. The number of phenolic OH excluding ortho intramolecular Hbond substituents is 1. The lowest BCUT2D eigenvalue weighted by molar-refractivity contribution is -0.193. The Hall–Kier alpha value is -2.83. The number of amides is 1. The van der Waals surface area contributed by atoms with E-state index in [1.165, 1.54) is 18.4 Å². The fourth-order valence-corrected chi connectivity index (χ4v) is 8.82. The minimum atomic E-state index is -1.33. The van der Waals surface area contributed by atoms with Crippen LogP contribution in [0.5, 0.6) is 11.5 Å². The number of carbonyl (C=O) groups is 1. The zero-order chi connectivity index (χ0) is 25.0. The Balaban J connectivity index is 1.18. The van der Waals surface area contributed by atoms with E-state index in [1.54, 1.807) is 6.07 Å². The first kappa shape index (κ1) is 22.2. The van der Waals surface area contributed by atoms with Gasteiger partial charge in [-0.1, -0.05) is 48.6 Å². The number of aliphatic hydroxyl groups is 1. The lowest BCUT2D eigenvalue weighted by Crippen LogP contribution is -2.81. The predicted octanol–water partition coefficient (Wildman–Crippen LogP) is 3.24. The molecule has 2 spiro atoms. The van der Waals surface area contributed by atoms with Gasteiger partial charge in [-0.15, -0.1) is 0 Å². The summed E-state index contributed by atoms with van der Waals surface area (Å²) >= 11 is 0. The van der Waals surface area contributed by atoms with Gasteiger partial charge in [-0.25, -0.2) is 0 Å². The third kappa shape index (κ3) is 2.81. The molecule has 2 aromatic carbocycles. The summed E-state index contributed by atoms with van der Waals surface area (Å²) in [6.45, 7) is 2.11. The van der Waals surface area contributed by atoms with Gasteiger partial charge in [0, 0.05) is 30.0 Å². The van der Waals surface area contributed by atoms with E-state index in [4.69, 9.17) is 4.74 Å². The van der Waals surface area contributed by atoms with Crippen molar-refractivity contribution in [2.45, 2.75) is 74.1 Å². The third-order valence-electron chi connectivity index (χ3n) is 10.6. The van der Waals surface area contributed by atoms with Crippen LogP contribution in [0.4, 0.5) is 0 Å². The summed E-state index contributed by atoms with van der Waals surface area (Å²) in [5.41, 5.74) is 1.55. The number of rotatable bonds is 6. The SMILES string of the molecule is O=C(CCc1ccccc1)N[C@H]1C[C@@]23C=CC1(O)[C@@H]1Oc4c(O)ccc5c4[C@@]12CCN(CC1CC1)[C@@H]3C5. The van der Waals surface area contributed by atoms with Gasteiger partial charge in [0.15, 0.2) is 11.5 Å². The number of hydrogen-bond acceptors (Lipinski definition) is 5. The van der Waals surface area contributed by atoms with Crippen LogP contribution in [-0.4, -0.2) is 57.9 Å². The quantitative estimate of drug-likeness (QED) is 0.533. The van der Waals surface area contributed by atoms with Crippen LogP contribution < -0.4 is 10.1 Å². The fraction of sp³-hybridized carbons (Fsp3) is 0.516. The normalized spacial score (nSPS) is 38.2. The Morgan fingerprint density at radius 3 is 2.78 bits per heavy atom. The summed E-state index contributed by atoms with van der Waals surface area (Å²) in [7, 11) is 0. The van der Waals surface area contributed by atoms with Gasteiger partial charge in [0.05, 0.1) is 11.5 Å². The molecule has 2 saturated carbocycles. The molecule has 9 rings (SSSR count). The molecular weight excluding hydrogens is 464 g/mol. The van der Waals surface area contributed by atoms with Gasteiger partial charge in [0.2, 0.25) is 5.91 Å². The van der Waals surface area contributed by atoms with E-state index in [2.05, 4.69) is 22.4 Å². The van der Waals surface area contributed by atoms with Crippen molar-refractivity contribution >= 4 is 5.91 Å². The average Bonchev–Trinajstić information content (AvgIpc) is 3.64. The Labute approximate surface area is 217 Å². The van der Waals surface area contributed by atoms with Gasteiger partial charge in [0.25, 0.3) is 0 Å². The second-order valence-corrected chi connectivity index (χ2v) is 12.4. The number of nitrogens with zero attached hydrogens (tertiary/aromatic N) is 1. The highest BCUT2D eigenvalue weighted by Crippen LogP contribution is 2.73. The first-order valence-electron chi connectivity index (χ1n) is 14.0. The van der Waals surface area contributed by atoms with Crippen LogP contribution in [0.3, 0.4) is 0 Å². The van der Waals surface area contributed by atoms with E-state index in [0.717, 1.165) is 43.0 Å². The first-order valence-corrected chi connectivity index (χ1v) is 14.0. The molecule has 3 N–H and O–H groups in total. The van der Waals surface area contributed by atoms with Crippen LogP contribution in [0.25, 0.3) is 0 Å². The number of piperidine rings is 1. The summed E-state index contributed by atoms with van der Waals surface area (Å²) in [6, 6.07) is 13.7. The lowest BCUT2D eigenvalue weighted by Gasteiger charge is -2.70. The van der Waals surface area contributed by atoms with Gasteiger partial charge < -0.3 is 20.3 Å². The monoisotopic (exact) mass is 498 g/mol. The smallest absolute Gasteiger partial charge is 0.220 e. The van der Waals surface area contributed by atoms with E-state index in [9.17, 15) is 15.0 Å². The number of aryl methyl sites for hydroxylation is 1. The largest absolute Gasteiger partial charge is 0.504 e. The molecule has 1 amide bonds. The molecule has 5 aliphatic carbocycles. The van der Waals surface area contributed by atoms with Gasteiger partial charge >= 0.3 is 0 Å². The van der Waals surface area contributed by atoms with Crippen molar-refractivity contribution in [3.05, 3.63) is 71.3 Å². The topological polar surface area (TPSA) is 82.0 Å². The second-order valence-electron chi connectivity index (χ2n) is 12.4. The number of likely N-dealkylation sites (tertiary alicyclic amines) is 1. The van der Waals surface area contributed by atoms with Crippen molar-refractivity contribution in [2.75, 3.05) is 13.1 Å². The number of benzene rings is 2. The van der Waals surface area contributed by atoms with Gasteiger partial charge in [0.1, 0.15) is 11.7 Å². The van der Waals surface area contributed by atoms with Gasteiger partial charge in [-0.2, -0.15) is 0 Å². The summed E-state index contributed by atoms with van der Waals surface area (Å²) in [6.07, 6.45) is 9.87. The van der Waals surface area contributed by atoms with Crippen molar-refractivity contribution < 1.29 is 19.7 Å². The fourth-order valence-electron chi connectivity index (χ4n) is 8.82. The molecule has 0 aromatic heterocycles. The van der Waals surface area contributed by atoms with Crippen molar-refractivity contribution in [1.82, 2.24) is 10.2 Å². The number of aromatic hydroxyl groups is 1. The van der Waals surface area contributed by atoms with Crippen molar-refractivity contribution in [3.63, 3.8) is 0 Å². The van der Waals surface area contributed by atoms with Crippen LogP contribution in [0.1, 0.15) is 48.8 Å². The van der Waals surface area contributed by atoms with E-state index in [0.29, 0.717) is 31.1 Å². The van der Waals surface area contributed by atoms with Crippen LogP contribution >= 0.6 is 0 Å². The molecule has 2 heterocycles. The molecule has 6 nitrogen and oxygen atoms in total. The number of nitrogens with one attached hydrogen (secondary N) is 1.